The molecule has 2 heterocycles. The summed E-state index contributed by atoms with van der Waals surface area (Å²) in [7, 11) is 0. The molecule has 1 N–H and O–H groups in total. The van der Waals surface area contributed by atoms with E-state index in [9.17, 15) is 4.79 Å². The van der Waals surface area contributed by atoms with Crippen molar-refractivity contribution in [1.29, 1.82) is 0 Å². The van der Waals surface area contributed by atoms with Crippen molar-refractivity contribution in [2.45, 2.75) is 39.3 Å². The second kappa shape index (κ2) is 4.76. The average molecular weight is 249 g/mol. The number of piperazine rings is 1. The number of nitrogens with one attached hydrogen (secondary N) is 1. The normalized spacial score (nSPS) is 19.3. The molecule has 1 saturated heterocycles. The van der Waals surface area contributed by atoms with Crippen LogP contribution in [0.1, 0.15) is 44.2 Å². The largest absolute Gasteiger partial charge is 0.341 e. The van der Waals surface area contributed by atoms with Crippen LogP contribution in [0.25, 0.3) is 0 Å². The third-order valence-electron chi connectivity index (χ3n) is 3.60. The fourth-order valence-electron chi connectivity index (χ4n) is 2.52. The van der Waals surface area contributed by atoms with Crippen LogP contribution < -0.4 is 5.32 Å². The fraction of sp³-hybridized carbons (Fsp3) is 0.643. The van der Waals surface area contributed by atoms with Crippen LogP contribution in [-0.2, 0) is 0 Å². The van der Waals surface area contributed by atoms with Gasteiger partial charge in [-0.15, -0.1) is 0 Å². The quantitative estimate of drug-likeness (QED) is 0.869. The molecular formula is C14H23N3O. The van der Waals surface area contributed by atoms with Crippen LogP contribution in [0, 0.1) is 0 Å². The monoisotopic (exact) mass is 249 g/mol. The molecule has 1 fully saturated rings. The van der Waals surface area contributed by atoms with Gasteiger partial charge in [-0.05, 0) is 39.8 Å². The molecule has 0 aromatic carbocycles. The molecule has 4 nitrogen and oxygen atoms in total. The molecule has 0 atom stereocenters. The maximum atomic E-state index is 12.7. The molecule has 1 amide bonds. The molecule has 1 aliphatic rings. The zero-order chi connectivity index (χ0) is 13.3. The van der Waals surface area contributed by atoms with Crippen LogP contribution in [0.2, 0.25) is 0 Å². The van der Waals surface area contributed by atoms with Gasteiger partial charge in [0.25, 0.3) is 5.91 Å². The number of rotatable bonds is 2. The van der Waals surface area contributed by atoms with E-state index in [-0.39, 0.29) is 11.4 Å². The first-order valence-electron chi connectivity index (χ1n) is 6.63. The highest BCUT2D eigenvalue weighted by molar-refractivity contribution is 5.93. The summed E-state index contributed by atoms with van der Waals surface area (Å²) in [5, 5.41) is 3.34. The molecule has 1 aromatic rings. The molecular weight excluding hydrogens is 226 g/mol. The number of nitrogens with zero attached hydrogens (tertiary/aromatic N) is 2. The second-order valence-corrected chi connectivity index (χ2v) is 5.84. The Bertz CT molecular complexity index is 434. The van der Waals surface area contributed by atoms with Crippen molar-refractivity contribution in [1.82, 2.24) is 14.8 Å². The van der Waals surface area contributed by atoms with E-state index < -0.39 is 0 Å². The predicted octanol–water partition coefficient (Wildman–Crippen LogP) is 1.89. The number of amides is 1. The first kappa shape index (κ1) is 13.1. The Labute approximate surface area is 109 Å². The van der Waals surface area contributed by atoms with Crippen molar-refractivity contribution in [3.63, 3.8) is 0 Å². The lowest BCUT2D eigenvalue weighted by Crippen LogP contribution is -2.60. The zero-order valence-electron chi connectivity index (χ0n) is 11.7. The highest BCUT2D eigenvalue weighted by atomic mass is 16.2. The van der Waals surface area contributed by atoms with Crippen molar-refractivity contribution in [2.24, 2.45) is 0 Å². The number of hydrogen-bond donors (Lipinski definition) is 1. The Hall–Kier alpha value is -1.29. The van der Waals surface area contributed by atoms with E-state index in [4.69, 9.17) is 0 Å². The minimum Gasteiger partial charge on any atom is -0.341 e. The molecule has 0 saturated carbocycles. The number of carbonyl (C=O) groups is 1. The summed E-state index contributed by atoms with van der Waals surface area (Å²) in [6.07, 6.45) is 1.98. The maximum Gasteiger partial charge on any atom is 0.271 e. The van der Waals surface area contributed by atoms with Crippen LogP contribution >= 0.6 is 0 Å². The average Bonchev–Trinajstić information content (AvgIpc) is 2.76. The van der Waals surface area contributed by atoms with Gasteiger partial charge in [-0.25, -0.2) is 0 Å². The van der Waals surface area contributed by atoms with E-state index in [1.54, 1.807) is 0 Å². The maximum absolute atomic E-state index is 12.7. The lowest BCUT2D eigenvalue weighted by Gasteiger charge is -2.43. The lowest BCUT2D eigenvalue weighted by atomic mass is 9.99. The molecule has 0 radical (unpaired) electrons. The fourth-order valence-corrected chi connectivity index (χ4v) is 2.52. The van der Waals surface area contributed by atoms with Crippen molar-refractivity contribution in [3.05, 3.63) is 24.0 Å². The van der Waals surface area contributed by atoms with E-state index in [2.05, 4.69) is 33.0 Å². The summed E-state index contributed by atoms with van der Waals surface area (Å²) in [6.45, 7) is 10.9. The van der Waals surface area contributed by atoms with Crippen molar-refractivity contribution < 1.29 is 4.79 Å². The van der Waals surface area contributed by atoms with Gasteiger partial charge in [0, 0.05) is 31.9 Å². The van der Waals surface area contributed by atoms with E-state index >= 15 is 0 Å². The van der Waals surface area contributed by atoms with Crippen LogP contribution in [0.5, 0.6) is 0 Å². The van der Waals surface area contributed by atoms with Crippen LogP contribution in [-0.4, -0.2) is 40.5 Å². The molecule has 100 valence electrons. The minimum absolute atomic E-state index is 0.124. The third-order valence-corrected chi connectivity index (χ3v) is 3.60. The van der Waals surface area contributed by atoms with Crippen LogP contribution in [0.15, 0.2) is 18.3 Å². The standard InChI is InChI=1S/C14H23N3O/c1-11(2)16-8-5-6-12(16)13(18)17-9-7-15-10-14(17,3)4/h5-6,8,11,15H,7,9-10H2,1-4H3. The SMILES string of the molecule is CC(C)n1cccc1C(=O)N1CCNCC1(C)C. The van der Waals surface area contributed by atoms with Crippen molar-refractivity contribution in [2.75, 3.05) is 19.6 Å². The molecule has 4 heteroatoms. The zero-order valence-corrected chi connectivity index (χ0v) is 11.7. The summed E-state index contributed by atoms with van der Waals surface area (Å²) in [5.74, 6) is 0.139. The van der Waals surface area contributed by atoms with Crippen LogP contribution in [0.3, 0.4) is 0 Å². The van der Waals surface area contributed by atoms with Gasteiger partial charge in [-0.3, -0.25) is 4.79 Å². The topological polar surface area (TPSA) is 37.3 Å². The lowest BCUT2D eigenvalue weighted by molar-refractivity contribution is 0.0465. The Morgan fingerprint density at radius 3 is 2.78 bits per heavy atom. The smallest absolute Gasteiger partial charge is 0.271 e. The van der Waals surface area contributed by atoms with Gasteiger partial charge in [0.1, 0.15) is 5.69 Å². The van der Waals surface area contributed by atoms with Gasteiger partial charge in [-0.2, -0.15) is 0 Å². The van der Waals surface area contributed by atoms with Gasteiger partial charge >= 0.3 is 0 Å². The molecule has 1 aliphatic heterocycles. The van der Waals surface area contributed by atoms with Gasteiger partial charge in [0.05, 0.1) is 5.54 Å². The summed E-state index contributed by atoms with van der Waals surface area (Å²) in [6, 6.07) is 4.17. The summed E-state index contributed by atoms with van der Waals surface area (Å²) in [4.78, 5) is 14.7. The molecule has 0 bridgehead atoms. The van der Waals surface area contributed by atoms with Gasteiger partial charge in [0.2, 0.25) is 0 Å². The van der Waals surface area contributed by atoms with Crippen LogP contribution in [0.4, 0.5) is 0 Å². The van der Waals surface area contributed by atoms with Gasteiger partial charge < -0.3 is 14.8 Å². The highest BCUT2D eigenvalue weighted by Crippen LogP contribution is 2.21. The summed E-state index contributed by atoms with van der Waals surface area (Å²) >= 11 is 0. The summed E-state index contributed by atoms with van der Waals surface area (Å²) < 4.78 is 2.04. The molecule has 1 aromatic heterocycles. The second-order valence-electron chi connectivity index (χ2n) is 5.84. The van der Waals surface area contributed by atoms with E-state index in [0.717, 1.165) is 25.3 Å². The molecule has 0 unspecified atom stereocenters. The summed E-state index contributed by atoms with van der Waals surface area (Å²) in [5.41, 5.74) is 0.668. The number of carbonyl (C=O) groups excluding carboxylic acids is 1. The number of hydrogen-bond acceptors (Lipinski definition) is 2. The molecule has 0 aliphatic carbocycles. The Morgan fingerprint density at radius 2 is 2.17 bits per heavy atom. The molecule has 2 rings (SSSR count). The number of aromatic nitrogens is 1. The van der Waals surface area contributed by atoms with E-state index in [0.29, 0.717) is 6.04 Å². The van der Waals surface area contributed by atoms with Crippen molar-refractivity contribution >= 4 is 5.91 Å². The van der Waals surface area contributed by atoms with E-state index in [1.165, 1.54) is 0 Å². The van der Waals surface area contributed by atoms with Gasteiger partial charge in [0.15, 0.2) is 0 Å². The minimum atomic E-state index is -0.124. The Balaban J connectivity index is 2.27. The first-order valence-corrected chi connectivity index (χ1v) is 6.63. The molecule has 18 heavy (non-hydrogen) atoms. The Morgan fingerprint density at radius 1 is 1.44 bits per heavy atom. The highest BCUT2D eigenvalue weighted by Gasteiger charge is 2.34. The Kier molecular flexibility index (Phi) is 3.48. The predicted molar refractivity (Wildman–Crippen MR) is 72.8 cm³/mol. The van der Waals surface area contributed by atoms with Gasteiger partial charge in [-0.1, -0.05) is 0 Å². The molecule has 0 spiro atoms. The third kappa shape index (κ3) is 2.29. The first-order chi connectivity index (χ1) is 8.43. The van der Waals surface area contributed by atoms with E-state index in [1.807, 2.05) is 27.8 Å². The van der Waals surface area contributed by atoms with Crippen molar-refractivity contribution in [3.8, 4) is 0 Å².